The van der Waals surface area contributed by atoms with Crippen LogP contribution in [-0.4, -0.2) is 80.1 Å². The molecule has 5 rings (SSSR count). The first-order chi connectivity index (χ1) is 19.2. The topological polar surface area (TPSA) is 109 Å². The Hall–Kier alpha value is -3.59. The van der Waals surface area contributed by atoms with Gasteiger partial charge in [-0.2, -0.15) is 4.98 Å². The number of carbonyl (C=O) groups is 1. The van der Waals surface area contributed by atoms with E-state index in [1.807, 2.05) is 47.4 Å². The number of hydrogen-bond acceptors (Lipinski definition) is 9. The zero-order valence-electron chi connectivity index (χ0n) is 22.6. The van der Waals surface area contributed by atoms with Crippen LogP contribution >= 0.6 is 18.7 Å². The fraction of sp³-hybridized carbons (Fsp3) is 0.321. The van der Waals surface area contributed by atoms with Crippen LogP contribution in [0.1, 0.15) is 0 Å². The number of aromatic nitrogens is 2. The Labute approximate surface area is 238 Å². The Balaban J connectivity index is 1.29. The van der Waals surface area contributed by atoms with Crippen LogP contribution in [-0.2, 0) is 14.1 Å². The summed E-state index contributed by atoms with van der Waals surface area (Å²) in [6.07, 6.45) is 4.82. The summed E-state index contributed by atoms with van der Waals surface area (Å²) in [7, 11) is -0.921. The van der Waals surface area contributed by atoms with Crippen molar-refractivity contribution in [1.82, 2.24) is 14.9 Å². The number of hydrogen-bond donors (Lipinski definition) is 2. The van der Waals surface area contributed by atoms with Crippen molar-refractivity contribution in [2.75, 3.05) is 68.8 Å². The highest BCUT2D eigenvalue weighted by Gasteiger charge is 2.34. The average molecular weight is 583 g/mol. The van der Waals surface area contributed by atoms with Crippen molar-refractivity contribution in [2.45, 2.75) is 6.04 Å². The van der Waals surface area contributed by atoms with Crippen LogP contribution in [0.25, 0.3) is 0 Å². The van der Waals surface area contributed by atoms with Gasteiger partial charge in [-0.3, -0.25) is 4.79 Å². The number of benzene rings is 2. The van der Waals surface area contributed by atoms with Crippen LogP contribution in [0.4, 0.5) is 28.8 Å². The fourth-order valence-corrected chi connectivity index (χ4v) is 6.11. The lowest BCUT2D eigenvalue weighted by Gasteiger charge is -2.45. The molecule has 3 aromatic rings. The Morgan fingerprint density at radius 3 is 2.85 bits per heavy atom. The standard InChI is InChI=1S/C28H32ClN6O4P/c1-38-14-6-9-26(36)34-12-13-35-20(17-34)18-39-24-15-19(10-11-23(24)35)31-28-30-16-21(29)27(33-28)32-22-7-4-5-8-25(22)40(2,3)37/h4-11,15-16,20H,12-14,17-18H2,1-3H3,(H2,30,31,32,33)/b9-6+/t20-/m1/s1. The molecule has 10 nitrogen and oxygen atoms in total. The summed E-state index contributed by atoms with van der Waals surface area (Å²) in [6.45, 7) is 6.29. The monoisotopic (exact) mass is 582 g/mol. The normalized spacial score (nSPS) is 16.8. The van der Waals surface area contributed by atoms with E-state index in [2.05, 4.69) is 25.5 Å². The van der Waals surface area contributed by atoms with Gasteiger partial charge in [-0.1, -0.05) is 29.8 Å². The van der Waals surface area contributed by atoms with Gasteiger partial charge in [0.05, 0.1) is 30.2 Å². The molecule has 1 aromatic heterocycles. The van der Waals surface area contributed by atoms with Gasteiger partial charge in [0.25, 0.3) is 0 Å². The molecule has 1 saturated heterocycles. The summed E-state index contributed by atoms with van der Waals surface area (Å²) in [5.74, 6) is 1.49. The Kier molecular flexibility index (Phi) is 8.30. The van der Waals surface area contributed by atoms with E-state index in [-0.39, 0.29) is 11.9 Å². The molecule has 0 saturated carbocycles. The molecule has 1 amide bonds. The zero-order valence-corrected chi connectivity index (χ0v) is 24.3. The lowest BCUT2D eigenvalue weighted by Crippen LogP contribution is -2.58. The van der Waals surface area contributed by atoms with E-state index in [0.717, 1.165) is 29.0 Å². The quantitative estimate of drug-likeness (QED) is 0.293. The van der Waals surface area contributed by atoms with Gasteiger partial charge in [0.1, 0.15) is 24.5 Å². The van der Waals surface area contributed by atoms with E-state index in [9.17, 15) is 9.36 Å². The molecule has 210 valence electrons. The third kappa shape index (κ3) is 6.25. The van der Waals surface area contributed by atoms with Crippen molar-refractivity contribution in [3.8, 4) is 5.75 Å². The van der Waals surface area contributed by atoms with Crippen molar-refractivity contribution in [2.24, 2.45) is 0 Å². The van der Waals surface area contributed by atoms with Crippen molar-refractivity contribution in [3.63, 3.8) is 0 Å². The van der Waals surface area contributed by atoms with Crippen molar-refractivity contribution >= 4 is 58.8 Å². The van der Waals surface area contributed by atoms with Gasteiger partial charge in [0.2, 0.25) is 11.9 Å². The minimum Gasteiger partial charge on any atom is -0.489 e. The summed E-state index contributed by atoms with van der Waals surface area (Å²) in [6, 6.07) is 13.4. The molecule has 2 aliphatic rings. The number of methoxy groups -OCH3 is 1. The highest BCUT2D eigenvalue weighted by atomic mass is 35.5. The molecule has 2 aliphatic heterocycles. The van der Waals surface area contributed by atoms with E-state index in [1.165, 1.54) is 6.20 Å². The van der Waals surface area contributed by atoms with Gasteiger partial charge < -0.3 is 34.5 Å². The predicted octanol–water partition coefficient (Wildman–Crippen LogP) is 4.48. The number of nitrogens with one attached hydrogen (secondary N) is 2. The minimum atomic E-state index is -2.52. The van der Waals surface area contributed by atoms with Gasteiger partial charge in [-0.05, 0) is 37.6 Å². The maximum atomic E-state index is 12.8. The van der Waals surface area contributed by atoms with Crippen LogP contribution in [0, 0.1) is 0 Å². The summed E-state index contributed by atoms with van der Waals surface area (Å²) >= 11 is 6.39. The first-order valence-corrected chi connectivity index (χ1v) is 15.9. The van der Waals surface area contributed by atoms with Crippen LogP contribution in [0.2, 0.25) is 5.02 Å². The second-order valence-corrected chi connectivity index (χ2v) is 13.6. The molecule has 0 unspecified atom stereocenters. The molecule has 0 bridgehead atoms. The number of piperazine rings is 1. The van der Waals surface area contributed by atoms with E-state index in [4.69, 9.17) is 21.1 Å². The highest BCUT2D eigenvalue weighted by Crippen LogP contribution is 2.39. The predicted molar refractivity (Wildman–Crippen MR) is 160 cm³/mol. The average Bonchev–Trinajstić information content (AvgIpc) is 2.94. The SMILES string of the molecule is COC/C=C/C(=O)N1CCN2c3ccc(Nc4ncc(Cl)c(Nc5ccccc5P(C)(C)=O)n4)cc3OC[C@H]2C1. The first kappa shape index (κ1) is 28.0. The van der Waals surface area contributed by atoms with Crippen molar-refractivity contribution in [1.29, 1.82) is 0 Å². The maximum absolute atomic E-state index is 12.8. The number of fused-ring (bicyclic) bond motifs is 3. The molecule has 0 aliphatic carbocycles. The largest absolute Gasteiger partial charge is 0.489 e. The Bertz CT molecular complexity index is 1480. The van der Waals surface area contributed by atoms with Crippen molar-refractivity contribution in [3.05, 3.63) is 65.8 Å². The number of ether oxygens (including phenoxy) is 2. The smallest absolute Gasteiger partial charge is 0.246 e. The zero-order chi connectivity index (χ0) is 28.3. The van der Waals surface area contributed by atoms with E-state index in [1.54, 1.807) is 32.6 Å². The molecular weight excluding hydrogens is 551 g/mol. The lowest BCUT2D eigenvalue weighted by molar-refractivity contribution is -0.127. The van der Waals surface area contributed by atoms with Crippen molar-refractivity contribution < 1.29 is 18.8 Å². The molecule has 1 atom stereocenters. The van der Waals surface area contributed by atoms with Crippen LogP contribution in [0.5, 0.6) is 5.75 Å². The Morgan fingerprint density at radius 2 is 2.05 bits per heavy atom. The lowest BCUT2D eigenvalue weighted by atomic mass is 10.1. The molecule has 1 fully saturated rings. The van der Waals surface area contributed by atoms with Gasteiger partial charge >= 0.3 is 0 Å². The molecule has 0 radical (unpaired) electrons. The van der Waals surface area contributed by atoms with Gasteiger partial charge in [0, 0.05) is 49.9 Å². The third-order valence-corrected chi connectivity index (χ3v) is 8.58. The second-order valence-electron chi connectivity index (χ2n) is 9.99. The maximum Gasteiger partial charge on any atom is 0.246 e. The first-order valence-electron chi connectivity index (χ1n) is 12.9. The highest BCUT2D eigenvalue weighted by molar-refractivity contribution is 7.70. The molecule has 40 heavy (non-hydrogen) atoms. The molecule has 2 N–H and O–H groups in total. The van der Waals surface area contributed by atoms with E-state index in [0.29, 0.717) is 48.8 Å². The summed E-state index contributed by atoms with van der Waals surface area (Å²) in [5.41, 5.74) is 2.44. The molecule has 0 spiro atoms. The van der Waals surface area contributed by atoms with Crippen LogP contribution in [0.3, 0.4) is 0 Å². The number of rotatable bonds is 8. The molecule has 12 heteroatoms. The number of nitrogens with zero attached hydrogens (tertiary/aromatic N) is 4. The number of carbonyl (C=O) groups excluding carboxylic acids is 1. The Morgan fingerprint density at radius 1 is 1.23 bits per heavy atom. The van der Waals surface area contributed by atoms with Gasteiger partial charge in [-0.25, -0.2) is 4.98 Å². The van der Waals surface area contributed by atoms with E-state index >= 15 is 0 Å². The van der Waals surface area contributed by atoms with Gasteiger partial charge in [-0.15, -0.1) is 0 Å². The van der Waals surface area contributed by atoms with E-state index < -0.39 is 7.14 Å². The van der Waals surface area contributed by atoms with Crippen LogP contribution < -0.4 is 25.6 Å². The molecular formula is C28H32ClN6O4P. The molecule has 2 aromatic carbocycles. The number of halogens is 1. The second kappa shape index (κ2) is 11.9. The summed E-state index contributed by atoms with van der Waals surface area (Å²) < 4.78 is 23.9. The number of para-hydroxylation sites is 1. The summed E-state index contributed by atoms with van der Waals surface area (Å²) in [5, 5.41) is 7.50. The third-order valence-electron chi connectivity index (χ3n) is 6.76. The number of anilines is 5. The summed E-state index contributed by atoms with van der Waals surface area (Å²) in [4.78, 5) is 25.5. The van der Waals surface area contributed by atoms with Gasteiger partial charge in [0.15, 0.2) is 5.82 Å². The number of amides is 1. The minimum absolute atomic E-state index is 0.0132. The van der Waals surface area contributed by atoms with Crippen LogP contribution in [0.15, 0.2) is 60.8 Å². The molecule has 3 heterocycles. The fourth-order valence-electron chi connectivity index (χ4n) is 4.82.